The van der Waals surface area contributed by atoms with Crippen molar-refractivity contribution < 1.29 is 9.59 Å². The van der Waals surface area contributed by atoms with Crippen LogP contribution in [0.4, 0.5) is 11.4 Å². The number of hydrogen-bond acceptors (Lipinski definition) is 3. The highest BCUT2D eigenvalue weighted by molar-refractivity contribution is 6.34. The Morgan fingerprint density at radius 2 is 1.46 bits per heavy atom. The van der Waals surface area contributed by atoms with Crippen molar-refractivity contribution in [3.05, 3.63) is 130 Å². The molecule has 0 fully saturated rings. The third-order valence-electron chi connectivity index (χ3n) is 6.74. The molecule has 0 radical (unpaired) electrons. The molecule has 200 valence electrons. The second kappa shape index (κ2) is 13.1. The SMILES string of the molecule is CC[C@@H](C(=O)N(Cc1ccccc1)Cc1cc(NC(=O)c2ccccc2Cl)ccc1N(C)C)c1ccccc1. The third kappa shape index (κ3) is 7.06. The maximum absolute atomic E-state index is 14.1. The molecule has 0 aromatic heterocycles. The number of nitrogens with one attached hydrogen (secondary N) is 1. The second-order valence-corrected chi connectivity index (χ2v) is 10.1. The number of benzene rings is 4. The Bertz CT molecular complexity index is 1410. The lowest BCUT2D eigenvalue weighted by Gasteiger charge is -2.29. The molecule has 0 saturated carbocycles. The van der Waals surface area contributed by atoms with Gasteiger partial charge in [-0.1, -0.05) is 91.3 Å². The number of carbonyl (C=O) groups excluding carboxylic acids is 2. The van der Waals surface area contributed by atoms with Crippen LogP contribution in [-0.2, 0) is 17.9 Å². The average Bonchev–Trinajstić information content (AvgIpc) is 2.94. The number of halogens is 1. The maximum atomic E-state index is 14.1. The Hall–Kier alpha value is -4.09. The molecule has 0 aliphatic carbocycles. The minimum atomic E-state index is -0.281. The highest BCUT2D eigenvalue weighted by Crippen LogP contribution is 2.29. The predicted molar refractivity (Wildman–Crippen MR) is 160 cm³/mol. The smallest absolute Gasteiger partial charge is 0.257 e. The fourth-order valence-corrected chi connectivity index (χ4v) is 4.97. The zero-order valence-electron chi connectivity index (χ0n) is 22.6. The summed E-state index contributed by atoms with van der Waals surface area (Å²) in [4.78, 5) is 31.0. The van der Waals surface area contributed by atoms with Gasteiger partial charge in [0.2, 0.25) is 5.91 Å². The van der Waals surface area contributed by atoms with Crippen molar-refractivity contribution in [1.29, 1.82) is 0 Å². The first-order chi connectivity index (χ1) is 18.9. The number of nitrogens with zero attached hydrogens (tertiary/aromatic N) is 2. The van der Waals surface area contributed by atoms with E-state index in [1.165, 1.54) is 0 Å². The van der Waals surface area contributed by atoms with E-state index < -0.39 is 0 Å². The van der Waals surface area contributed by atoms with Crippen molar-refractivity contribution in [2.24, 2.45) is 0 Å². The van der Waals surface area contributed by atoms with Crippen LogP contribution in [0.1, 0.15) is 46.3 Å². The molecule has 0 bridgehead atoms. The lowest BCUT2D eigenvalue weighted by molar-refractivity contribution is -0.134. The summed E-state index contributed by atoms with van der Waals surface area (Å²) in [5.74, 6) is -0.458. The number of rotatable bonds is 10. The van der Waals surface area contributed by atoms with Gasteiger partial charge >= 0.3 is 0 Å². The monoisotopic (exact) mass is 539 g/mol. The predicted octanol–water partition coefficient (Wildman–Crippen LogP) is 7.38. The second-order valence-electron chi connectivity index (χ2n) is 9.72. The summed E-state index contributed by atoms with van der Waals surface area (Å²) in [6.07, 6.45) is 0.697. The molecular formula is C33H34ClN3O2. The van der Waals surface area contributed by atoms with Gasteiger partial charge in [0.15, 0.2) is 0 Å². The summed E-state index contributed by atoms with van der Waals surface area (Å²) in [7, 11) is 3.95. The standard InChI is InChI=1S/C33H34ClN3O2/c1-4-28(25-15-9-6-10-16-25)33(39)37(22-24-13-7-5-8-14-24)23-26-21-27(19-20-31(26)36(2)3)35-32(38)29-17-11-12-18-30(29)34/h5-21,28H,4,22-23H2,1-3H3,(H,35,38)/t28-/m1/s1. The fraction of sp³-hybridized carbons (Fsp3) is 0.212. The van der Waals surface area contributed by atoms with Crippen LogP contribution in [-0.4, -0.2) is 30.8 Å². The summed E-state index contributed by atoms with van der Waals surface area (Å²) in [6.45, 7) is 2.92. The Morgan fingerprint density at radius 3 is 2.10 bits per heavy atom. The first-order valence-electron chi connectivity index (χ1n) is 13.1. The maximum Gasteiger partial charge on any atom is 0.257 e. The highest BCUT2D eigenvalue weighted by Gasteiger charge is 2.26. The summed E-state index contributed by atoms with van der Waals surface area (Å²) in [5, 5.41) is 3.37. The van der Waals surface area contributed by atoms with Gasteiger partial charge in [0.05, 0.1) is 16.5 Å². The summed E-state index contributed by atoms with van der Waals surface area (Å²) >= 11 is 6.25. The number of amides is 2. The molecule has 0 saturated heterocycles. The molecule has 2 amide bonds. The Morgan fingerprint density at radius 1 is 0.821 bits per heavy atom. The minimum Gasteiger partial charge on any atom is -0.377 e. The van der Waals surface area contributed by atoms with Gasteiger partial charge in [-0.2, -0.15) is 0 Å². The molecule has 4 rings (SSSR count). The van der Waals surface area contributed by atoms with Crippen molar-refractivity contribution in [3.8, 4) is 0 Å². The molecule has 4 aromatic rings. The van der Waals surface area contributed by atoms with E-state index >= 15 is 0 Å². The Balaban J connectivity index is 1.68. The molecule has 5 nitrogen and oxygen atoms in total. The normalized spacial score (nSPS) is 11.5. The summed E-state index contributed by atoms with van der Waals surface area (Å²) < 4.78 is 0. The van der Waals surface area contributed by atoms with Gasteiger partial charge in [0.1, 0.15) is 0 Å². The topological polar surface area (TPSA) is 52.7 Å². The largest absolute Gasteiger partial charge is 0.377 e. The van der Waals surface area contributed by atoms with Gasteiger partial charge in [-0.15, -0.1) is 0 Å². The molecular weight excluding hydrogens is 506 g/mol. The molecule has 0 aliphatic rings. The van der Waals surface area contributed by atoms with Gasteiger partial charge < -0.3 is 15.1 Å². The van der Waals surface area contributed by atoms with E-state index in [0.717, 1.165) is 22.4 Å². The van der Waals surface area contributed by atoms with E-state index in [0.29, 0.717) is 35.8 Å². The molecule has 4 aromatic carbocycles. The van der Waals surface area contributed by atoms with Crippen molar-refractivity contribution >= 4 is 34.8 Å². The van der Waals surface area contributed by atoms with Crippen LogP contribution in [0, 0.1) is 0 Å². The molecule has 6 heteroatoms. The van der Waals surface area contributed by atoms with Gasteiger partial charge in [-0.25, -0.2) is 0 Å². The van der Waals surface area contributed by atoms with Crippen molar-refractivity contribution in [1.82, 2.24) is 4.90 Å². The molecule has 1 N–H and O–H groups in total. The zero-order chi connectivity index (χ0) is 27.8. The van der Waals surface area contributed by atoms with Crippen LogP contribution >= 0.6 is 11.6 Å². The molecule has 0 spiro atoms. The third-order valence-corrected chi connectivity index (χ3v) is 7.06. The van der Waals surface area contributed by atoms with Crippen LogP contribution in [0.25, 0.3) is 0 Å². The van der Waals surface area contributed by atoms with Crippen LogP contribution in [0.3, 0.4) is 0 Å². The average molecular weight is 540 g/mol. The van der Waals surface area contributed by atoms with E-state index in [-0.39, 0.29) is 17.7 Å². The summed E-state index contributed by atoms with van der Waals surface area (Å²) in [5.41, 5.74) is 5.03. The van der Waals surface area contributed by atoms with E-state index in [1.807, 2.05) is 110 Å². The van der Waals surface area contributed by atoms with Gasteiger partial charge in [-0.3, -0.25) is 9.59 Å². The first-order valence-corrected chi connectivity index (χ1v) is 13.5. The van der Waals surface area contributed by atoms with Crippen molar-refractivity contribution in [2.75, 3.05) is 24.3 Å². The highest BCUT2D eigenvalue weighted by atomic mass is 35.5. The minimum absolute atomic E-state index is 0.0720. The van der Waals surface area contributed by atoms with E-state index in [1.54, 1.807) is 24.3 Å². The number of anilines is 2. The Labute approximate surface area is 236 Å². The van der Waals surface area contributed by atoms with E-state index in [2.05, 4.69) is 5.32 Å². The molecule has 39 heavy (non-hydrogen) atoms. The lowest BCUT2D eigenvalue weighted by atomic mass is 9.94. The Kier molecular flexibility index (Phi) is 9.40. The van der Waals surface area contributed by atoms with Crippen LogP contribution in [0.5, 0.6) is 0 Å². The van der Waals surface area contributed by atoms with Crippen molar-refractivity contribution in [3.63, 3.8) is 0 Å². The lowest BCUT2D eigenvalue weighted by Crippen LogP contribution is -2.34. The summed E-state index contributed by atoms with van der Waals surface area (Å²) in [6, 6.07) is 32.7. The molecule has 0 unspecified atom stereocenters. The van der Waals surface area contributed by atoms with Gasteiger partial charge in [0.25, 0.3) is 5.91 Å². The zero-order valence-corrected chi connectivity index (χ0v) is 23.4. The molecule has 0 aliphatic heterocycles. The van der Waals surface area contributed by atoms with Gasteiger partial charge in [0, 0.05) is 38.6 Å². The van der Waals surface area contributed by atoms with Crippen molar-refractivity contribution in [2.45, 2.75) is 32.4 Å². The number of carbonyl (C=O) groups is 2. The molecule has 1 atom stereocenters. The van der Waals surface area contributed by atoms with Gasteiger partial charge in [-0.05, 0) is 53.4 Å². The molecule has 0 heterocycles. The van der Waals surface area contributed by atoms with Crippen LogP contribution in [0.2, 0.25) is 5.02 Å². The van der Waals surface area contributed by atoms with Crippen LogP contribution < -0.4 is 10.2 Å². The van der Waals surface area contributed by atoms with E-state index in [4.69, 9.17) is 11.6 Å². The quantitative estimate of drug-likeness (QED) is 0.229. The van der Waals surface area contributed by atoms with E-state index in [9.17, 15) is 9.59 Å². The first kappa shape index (κ1) is 27.9. The fourth-order valence-electron chi connectivity index (χ4n) is 4.75. The number of hydrogen-bond donors (Lipinski definition) is 1. The van der Waals surface area contributed by atoms with Crippen LogP contribution in [0.15, 0.2) is 103 Å².